The molecule has 0 spiro atoms. The lowest BCUT2D eigenvalue weighted by Gasteiger charge is -2.31. The normalized spacial score (nSPS) is 29.3. The largest absolute Gasteiger partial charge is 0.489 e. The van der Waals surface area contributed by atoms with Gasteiger partial charge in [0.05, 0.1) is 0 Å². The molecule has 1 aromatic rings. The average Bonchev–Trinajstić information content (AvgIpc) is 3.37. The van der Waals surface area contributed by atoms with Crippen LogP contribution in [0.15, 0.2) is 30.5 Å². The van der Waals surface area contributed by atoms with Crippen molar-refractivity contribution < 1.29 is 23.1 Å². The number of fused-ring (bicyclic) bond motifs is 1. The van der Waals surface area contributed by atoms with E-state index in [4.69, 9.17) is 4.74 Å². The van der Waals surface area contributed by atoms with E-state index in [1.165, 1.54) is 0 Å². The Hall–Kier alpha value is -2.48. The number of nitrogens with one attached hydrogen (secondary N) is 2. The van der Waals surface area contributed by atoms with Crippen LogP contribution in [0.4, 0.5) is 8.78 Å². The fourth-order valence-electron chi connectivity index (χ4n) is 5.80. The number of carbonyl (C=O) groups excluding carboxylic acids is 2. The molecule has 1 unspecified atom stereocenters. The number of carbonyl (C=O) groups is 2. The molecule has 1 aromatic carbocycles. The molecule has 3 fully saturated rings. The van der Waals surface area contributed by atoms with Gasteiger partial charge >= 0.3 is 0 Å². The van der Waals surface area contributed by atoms with Crippen molar-refractivity contribution in [3.63, 3.8) is 0 Å². The maximum atomic E-state index is 13.4. The van der Waals surface area contributed by atoms with E-state index in [0.717, 1.165) is 37.1 Å². The third-order valence-electron chi connectivity index (χ3n) is 7.85. The van der Waals surface area contributed by atoms with Gasteiger partial charge in [0.25, 0.3) is 5.91 Å². The summed E-state index contributed by atoms with van der Waals surface area (Å²) >= 11 is 0. The molecular weight excluding hydrogens is 440 g/mol. The molecule has 2 heterocycles. The molecule has 3 atom stereocenters. The summed E-state index contributed by atoms with van der Waals surface area (Å²) in [4.78, 5) is 27.0. The number of piperidine rings is 1. The second-order valence-electron chi connectivity index (χ2n) is 10.3. The minimum atomic E-state index is -2.49. The van der Waals surface area contributed by atoms with Crippen LogP contribution in [0.2, 0.25) is 0 Å². The monoisotopic (exact) mass is 473 g/mol. The highest BCUT2D eigenvalue weighted by atomic mass is 19.3. The lowest BCUT2D eigenvalue weighted by atomic mass is 9.86. The number of benzene rings is 1. The van der Waals surface area contributed by atoms with Crippen molar-refractivity contribution in [2.75, 3.05) is 6.54 Å². The van der Waals surface area contributed by atoms with Crippen LogP contribution in [0, 0.1) is 5.92 Å². The summed E-state index contributed by atoms with van der Waals surface area (Å²) in [6.45, 7) is 4.96. The van der Waals surface area contributed by atoms with E-state index in [-0.39, 0.29) is 36.8 Å². The standard InChI is InChI=1S/C26H33F2N3O3/c1-16-5-8-22(24(32)30-16)31-15-18-13-19(6-7-20(18)25(31)33)34-23-4-2-3-21(23)29-14-17-9-11-26(27,28)12-10-17/h6-7,13,17,21-23,29H,1-5,8-12,14-15H2,(H,30,32)/t21-,22?,23+/m0/s1. The van der Waals surface area contributed by atoms with Gasteiger partial charge < -0.3 is 20.3 Å². The van der Waals surface area contributed by atoms with Crippen molar-refractivity contribution >= 4 is 11.8 Å². The van der Waals surface area contributed by atoms with E-state index in [1.807, 2.05) is 12.1 Å². The number of hydrogen-bond donors (Lipinski definition) is 2. The molecule has 0 bridgehead atoms. The topological polar surface area (TPSA) is 70.7 Å². The van der Waals surface area contributed by atoms with E-state index in [0.29, 0.717) is 49.4 Å². The number of alkyl halides is 2. The van der Waals surface area contributed by atoms with Gasteiger partial charge in [-0.1, -0.05) is 6.58 Å². The van der Waals surface area contributed by atoms with Crippen LogP contribution in [0.5, 0.6) is 5.75 Å². The molecule has 2 N–H and O–H groups in total. The number of hydrogen-bond acceptors (Lipinski definition) is 4. The van der Waals surface area contributed by atoms with Crippen LogP contribution in [-0.4, -0.2) is 47.4 Å². The number of allylic oxidation sites excluding steroid dienone is 1. The Labute approximate surface area is 199 Å². The lowest BCUT2D eigenvalue weighted by Crippen LogP contribution is -2.49. The smallest absolute Gasteiger partial charge is 0.255 e. The second-order valence-corrected chi connectivity index (χ2v) is 10.3. The van der Waals surface area contributed by atoms with Gasteiger partial charge in [-0.05, 0) is 81.2 Å². The summed E-state index contributed by atoms with van der Waals surface area (Å²) < 4.78 is 33.2. The van der Waals surface area contributed by atoms with Crippen LogP contribution >= 0.6 is 0 Å². The number of nitrogens with zero attached hydrogens (tertiary/aromatic N) is 1. The van der Waals surface area contributed by atoms with Crippen molar-refractivity contribution in [1.29, 1.82) is 0 Å². The lowest BCUT2D eigenvalue weighted by molar-refractivity contribution is -0.126. The molecule has 8 heteroatoms. The predicted octanol–water partition coefficient (Wildman–Crippen LogP) is 4.15. The van der Waals surface area contributed by atoms with Gasteiger partial charge in [-0.3, -0.25) is 9.59 Å². The Morgan fingerprint density at radius 2 is 1.94 bits per heavy atom. The highest BCUT2D eigenvalue weighted by Gasteiger charge is 2.39. The maximum absolute atomic E-state index is 13.4. The molecule has 0 aromatic heterocycles. The zero-order valence-electron chi connectivity index (χ0n) is 19.5. The SMILES string of the molecule is C=C1CCC(N2Cc3cc(O[C@@H]4CCC[C@@H]4NCC4CCC(F)(F)CC4)ccc3C2=O)C(=O)N1. The van der Waals surface area contributed by atoms with Gasteiger partial charge in [0.15, 0.2) is 0 Å². The van der Waals surface area contributed by atoms with Gasteiger partial charge in [-0.15, -0.1) is 0 Å². The van der Waals surface area contributed by atoms with Crippen molar-refractivity contribution in [1.82, 2.24) is 15.5 Å². The molecule has 5 rings (SSSR count). The van der Waals surface area contributed by atoms with Gasteiger partial charge in [0.2, 0.25) is 11.8 Å². The Bertz CT molecular complexity index is 972. The van der Waals surface area contributed by atoms with Gasteiger partial charge in [-0.2, -0.15) is 0 Å². The van der Waals surface area contributed by atoms with E-state index in [9.17, 15) is 18.4 Å². The van der Waals surface area contributed by atoms with E-state index in [2.05, 4.69) is 17.2 Å². The molecule has 0 radical (unpaired) electrons. The van der Waals surface area contributed by atoms with Crippen molar-refractivity contribution in [2.24, 2.45) is 5.92 Å². The van der Waals surface area contributed by atoms with E-state index in [1.54, 1.807) is 11.0 Å². The summed E-state index contributed by atoms with van der Waals surface area (Å²) in [6.07, 6.45) is 5.41. The fourth-order valence-corrected chi connectivity index (χ4v) is 5.80. The molecule has 184 valence electrons. The zero-order chi connectivity index (χ0) is 23.9. The van der Waals surface area contributed by atoms with Crippen molar-refractivity contribution in [2.45, 2.75) is 88.4 Å². The Balaban J connectivity index is 1.18. The van der Waals surface area contributed by atoms with Crippen LogP contribution in [0.25, 0.3) is 0 Å². The highest BCUT2D eigenvalue weighted by molar-refractivity contribution is 6.01. The summed E-state index contributed by atoms with van der Waals surface area (Å²) in [5, 5.41) is 6.34. The molecular formula is C26H33F2N3O3. The first kappa shape index (κ1) is 23.3. The van der Waals surface area contributed by atoms with Crippen LogP contribution in [0.3, 0.4) is 0 Å². The first-order valence-electron chi connectivity index (χ1n) is 12.5. The Kier molecular flexibility index (Phi) is 6.35. The molecule has 2 aliphatic carbocycles. The van der Waals surface area contributed by atoms with Crippen molar-refractivity contribution in [3.05, 3.63) is 41.6 Å². The first-order valence-corrected chi connectivity index (χ1v) is 12.5. The summed E-state index contributed by atoms with van der Waals surface area (Å²) in [7, 11) is 0. The van der Waals surface area contributed by atoms with Gasteiger partial charge in [0.1, 0.15) is 17.9 Å². The third-order valence-corrected chi connectivity index (χ3v) is 7.85. The Morgan fingerprint density at radius 1 is 1.15 bits per heavy atom. The molecule has 2 amide bonds. The average molecular weight is 474 g/mol. The van der Waals surface area contributed by atoms with Crippen LogP contribution < -0.4 is 15.4 Å². The van der Waals surface area contributed by atoms with E-state index >= 15 is 0 Å². The van der Waals surface area contributed by atoms with Gasteiger partial charge in [-0.25, -0.2) is 8.78 Å². The molecule has 34 heavy (non-hydrogen) atoms. The predicted molar refractivity (Wildman–Crippen MR) is 124 cm³/mol. The van der Waals surface area contributed by atoms with Crippen LogP contribution in [-0.2, 0) is 11.3 Å². The molecule has 1 saturated heterocycles. The number of ether oxygens (including phenoxy) is 1. The third kappa shape index (κ3) is 4.83. The Morgan fingerprint density at radius 3 is 2.71 bits per heavy atom. The van der Waals surface area contributed by atoms with Gasteiger partial charge in [0, 0.05) is 36.7 Å². The summed E-state index contributed by atoms with van der Waals surface area (Å²) in [5.41, 5.74) is 2.20. The minimum absolute atomic E-state index is 0.00786. The van der Waals surface area contributed by atoms with Crippen LogP contribution in [0.1, 0.15) is 73.7 Å². The van der Waals surface area contributed by atoms with E-state index < -0.39 is 12.0 Å². The molecule has 6 nitrogen and oxygen atoms in total. The fraction of sp³-hybridized carbons (Fsp3) is 0.615. The zero-order valence-corrected chi connectivity index (χ0v) is 19.5. The highest BCUT2D eigenvalue weighted by Crippen LogP contribution is 2.36. The molecule has 4 aliphatic rings. The number of rotatable bonds is 6. The molecule has 2 aliphatic heterocycles. The quantitative estimate of drug-likeness (QED) is 0.651. The maximum Gasteiger partial charge on any atom is 0.255 e. The van der Waals surface area contributed by atoms with Crippen molar-refractivity contribution in [3.8, 4) is 5.75 Å². The second kappa shape index (κ2) is 9.29. The first-order chi connectivity index (χ1) is 16.3. The number of amides is 2. The summed E-state index contributed by atoms with van der Waals surface area (Å²) in [5.74, 6) is -1.75. The molecule has 2 saturated carbocycles. The minimum Gasteiger partial charge on any atom is -0.489 e. The number of halogens is 2. The summed E-state index contributed by atoms with van der Waals surface area (Å²) in [6, 6.07) is 5.28.